The van der Waals surface area contributed by atoms with Gasteiger partial charge in [0.15, 0.2) is 0 Å². The highest BCUT2D eigenvalue weighted by Crippen LogP contribution is 2.46. The van der Waals surface area contributed by atoms with Crippen LogP contribution in [0.2, 0.25) is 0 Å². The molecule has 0 aromatic rings. The van der Waals surface area contributed by atoms with Crippen molar-refractivity contribution in [1.29, 1.82) is 0 Å². The van der Waals surface area contributed by atoms with E-state index in [1.165, 1.54) is 0 Å². The molecule has 0 saturated carbocycles. The quantitative estimate of drug-likeness (QED) is 0.771. The third-order valence-corrected chi connectivity index (χ3v) is 2.08. The number of hydrogen-bond acceptors (Lipinski definition) is 1. The summed E-state index contributed by atoms with van der Waals surface area (Å²) in [6, 6.07) is 0. The summed E-state index contributed by atoms with van der Waals surface area (Å²) in [5.74, 6) is -1.96. The summed E-state index contributed by atoms with van der Waals surface area (Å²) in [5, 5.41) is 9.57. The van der Waals surface area contributed by atoms with E-state index in [0.29, 0.717) is 6.92 Å². The van der Waals surface area contributed by atoms with Crippen LogP contribution in [-0.4, -0.2) is 11.1 Å². The van der Waals surface area contributed by atoms with Crippen LogP contribution in [0.4, 0.5) is 0 Å². The van der Waals surface area contributed by atoms with Crippen LogP contribution in [0, 0.1) is 16.2 Å². The first-order chi connectivity index (χ1) is 9.65. The number of rotatable bonds is 3. The third kappa shape index (κ3) is 3.00. The number of aliphatic carboxylic acids is 1. The van der Waals surface area contributed by atoms with E-state index >= 15 is 0 Å². The molecule has 0 spiro atoms. The van der Waals surface area contributed by atoms with E-state index in [0.717, 1.165) is 0 Å². The van der Waals surface area contributed by atoms with E-state index < -0.39 is 49.2 Å². The number of hydrogen-bond donors (Lipinski definition) is 1. The van der Waals surface area contributed by atoms with Gasteiger partial charge in [-0.25, -0.2) is 0 Å². The van der Waals surface area contributed by atoms with Gasteiger partial charge < -0.3 is 5.11 Å². The Morgan fingerprint density at radius 3 is 1.93 bits per heavy atom. The fourth-order valence-electron chi connectivity index (χ4n) is 1.15. The molecule has 1 unspecified atom stereocenters. The van der Waals surface area contributed by atoms with Crippen LogP contribution in [0.5, 0.6) is 0 Å². The molecule has 0 aliphatic rings. The lowest BCUT2D eigenvalue weighted by atomic mass is 9.61. The van der Waals surface area contributed by atoms with Crippen molar-refractivity contribution >= 4 is 5.97 Å². The van der Waals surface area contributed by atoms with Crippen molar-refractivity contribution in [3.8, 4) is 0 Å². The molecule has 14 heavy (non-hydrogen) atoms. The van der Waals surface area contributed by atoms with E-state index in [9.17, 15) is 9.90 Å². The molecule has 0 heterocycles. The van der Waals surface area contributed by atoms with E-state index in [2.05, 4.69) is 0 Å². The van der Waals surface area contributed by atoms with Crippen LogP contribution in [0.1, 0.15) is 67.0 Å². The van der Waals surface area contributed by atoms with Gasteiger partial charge in [-0.3, -0.25) is 4.79 Å². The van der Waals surface area contributed by atoms with Crippen LogP contribution >= 0.6 is 0 Å². The smallest absolute Gasteiger partial charge is 0.309 e. The molecule has 0 rings (SSSR count). The molecule has 0 radical (unpaired) electrons. The van der Waals surface area contributed by atoms with Gasteiger partial charge in [-0.15, -0.1) is 0 Å². The maximum Gasteiger partial charge on any atom is 0.309 e. The van der Waals surface area contributed by atoms with Crippen molar-refractivity contribution < 1.29 is 22.2 Å². The molecule has 0 aromatic carbocycles. The molecule has 0 aromatic heterocycles. The Balaban J connectivity index is 7.10. The molecule has 0 saturated heterocycles. The molecule has 0 aliphatic carbocycles. The Hall–Kier alpha value is -0.530. The number of carboxylic acids is 1. The summed E-state index contributed by atoms with van der Waals surface area (Å²) < 4.78 is 69.3. The predicted octanol–water partition coefficient (Wildman–Crippen LogP) is 3.56. The van der Waals surface area contributed by atoms with E-state index in [1.54, 1.807) is 20.8 Å². The molecular formula is C12H24O2. The Labute approximate surface area is 100 Å². The van der Waals surface area contributed by atoms with Gasteiger partial charge in [0.1, 0.15) is 0 Å². The molecular weight excluding hydrogens is 176 g/mol. The van der Waals surface area contributed by atoms with Gasteiger partial charge in [-0.1, -0.05) is 34.5 Å². The van der Waals surface area contributed by atoms with Crippen molar-refractivity contribution in [3.05, 3.63) is 0 Å². The lowest BCUT2D eigenvalue weighted by Crippen LogP contribution is -2.41. The summed E-state index contributed by atoms with van der Waals surface area (Å²) in [6.45, 7) is -4.65. The molecule has 0 fully saturated rings. The summed E-state index contributed by atoms with van der Waals surface area (Å²) in [4.78, 5) is 11.8. The average molecular weight is 209 g/mol. The van der Waals surface area contributed by atoms with Crippen molar-refractivity contribution in [2.24, 2.45) is 16.2 Å². The predicted molar refractivity (Wildman–Crippen MR) is 59.3 cm³/mol. The van der Waals surface area contributed by atoms with E-state index in [-0.39, 0.29) is 0 Å². The zero-order valence-corrected chi connectivity index (χ0v) is 9.06. The zero-order chi connectivity index (χ0) is 19.3. The van der Waals surface area contributed by atoms with Gasteiger partial charge in [0.2, 0.25) is 0 Å². The largest absolute Gasteiger partial charge is 0.481 e. The molecule has 84 valence electrons. The van der Waals surface area contributed by atoms with Crippen LogP contribution in [0.3, 0.4) is 0 Å². The average Bonchev–Trinajstić information content (AvgIpc) is 2.17. The standard InChI is InChI=1S/C12H24O2/c1-10(2,3)8-11(4,5)12(6,7)9(13)14/h8H2,1-7H3,(H,13,14)/i4D3,5D3,6D3. The summed E-state index contributed by atoms with van der Waals surface area (Å²) >= 11 is 0. The maximum atomic E-state index is 11.8. The van der Waals surface area contributed by atoms with Crippen molar-refractivity contribution in [2.75, 3.05) is 0 Å². The first kappa shape index (κ1) is 4.54. The molecule has 0 bridgehead atoms. The van der Waals surface area contributed by atoms with Crippen LogP contribution in [0.25, 0.3) is 0 Å². The second-order valence-corrected chi connectivity index (χ2v) is 5.07. The Morgan fingerprint density at radius 1 is 1.21 bits per heavy atom. The van der Waals surface area contributed by atoms with Gasteiger partial charge in [0.05, 0.1) is 5.41 Å². The monoisotopic (exact) mass is 209 g/mol. The lowest BCUT2D eigenvalue weighted by molar-refractivity contribution is -0.155. The topological polar surface area (TPSA) is 37.3 Å². The Kier molecular flexibility index (Phi) is 1.16. The second-order valence-electron chi connectivity index (χ2n) is 5.07. The fourth-order valence-corrected chi connectivity index (χ4v) is 1.15. The van der Waals surface area contributed by atoms with Crippen LogP contribution in [0.15, 0.2) is 0 Å². The fraction of sp³-hybridized carbons (Fsp3) is 0.917. The summed E-state index contributed by atoms with van der Waals surface area (Å²) in [6.07, 6.45) is -0.617. The minimum Gasteiger partial charge on any atom is -0.481 e. The Bertz CT molecular complexity index is 439. The first-order valence-corrected chi connectivity index (χ1v) is 4.38. The highest BCUT2D eigenvalue weighted by Gasteiger charge is 2.44. The van der Waals surface area contributed by atoms with Crippen molar-refractivity contribution in [2.45, 2.75) is 54.7 Å². The highest BCUT2D eigenvalue weighted by molar-refractivity contribution is 5.74. The van der Waals surface area contributed by atoms with Crippen LogP contribution in [-0.2, 0) is 4.79 Å². The van der Waals surface area contributed by atoms with Crippen LogP contribution < -0.4 is 0 Å². The Morgan fingerprint density at radius 2 is 1.71 bits per heavy atom. The van der Waals surface area contributed by atoms with Gasteiger partial charge in [-0.05, 0) is 31.0 Å². The highest BCUT2D eigenvalue weighted by atomic mass is 16.4. The second kappa shape index (κ2) is 3.56. The maximum absolute atomic E-state index is 11.8. The minimum absolute atomic E-state index is 0.617. The minimum atomic E-state index is -3.33. The normalized spacial score (nSPS) is 29.9. The number of carbonyl (C=O) groups is 1. The first-order valence-electron chi connectivity index (χ1n) is 8.88. The van der Waals surface area contributed by atoms with Gasteiger partial charge in [-0.2, -0.15) is 0 Å². The molecule has 2 nitrogen and oxygen atoms in total. The summed E-state index contributed by atoms with van der Waals surface area (Å²) in [7, 11) is 0. The molecule has 0 amide bonds. The molecule has 1 N–H and O–H groups in total. The lowest BCUT2D eigenvalue weighted by Gasteiger charge is -2.42. The van der Waals surface area contributed by atoms with E-state index in [1.807, 2.05) is 0 Å². The van der Waals surface area contributed by atoms with E-state index in [4.69, 9.17) is 12.3 Å². The van der Waals surface area contributed by atoms with Gasteiger partial charge in [0, 0.05) is 12.3 Å². The van der Waals surface area contributed by atoms with Crippen molar-refractivity contribution in [1.82, 2.24) is 0 Å². The zero-order valence-electron chi connectivity index (χ0n) is 18.1. The molecule has 0 aliphatic heterocycles. The number of carboxylic acid groups (broad SMARTS) is 1. The van der Waals surface area contributed by atoms with Gasteiger partial charge >= 0.3 is 5.97 Å². The van der Waals surface area contributed by atoms with Gasteiger partial charge in [0.25, 0.3) is 0 Å². The SMILES string of the molecule is [2H]C([2H])([2H])C(C)(C(=O)O)C(CC(C)(C)C)(C([2H])([2H])[2H])C([2H])([2H])[2H]. The molecule has 2 heteroatoms. The molecule has 1 atom stereocenters. The third-order valence-electron chi connectivity index (χ3n) is 2.08. The summed E-state index contributed by atoms with van der Waals surface area (Å²) in [5.41, 5.74) is -6.85. The van der Waals surface area contributed by atoms with Crippen molar-refractivity contribution in [3.63, 3.8) is 0 Å².